The van der Waals surface area contributed by atoms with Crippen LogP contribution in [0, 0.1) is 18.3 Å². The largest absolute Gasteiger partial charge is 0.120 e. The van der Waals surface area contributed by atoms with Crippen molar-refractivity contribution in [3.63, 3.8) is 0 Å². The summed E-state index contributed by atoms with van der Waals surface area (Å²) in [5.41, 5.74) is 0. The van der Waals surface area contributed by atoms with E-state index in [2.05, 4.69) is 18.9 Å². The average molecular weight is 108 g/mol. The molecule has 0 amide bonds. The molecule has 0 aromatic rings. The van der Waals surface area contributed by atoms with Gasteiger partial charge in [-0.3, -0.25) is 0 Å². The van der Waals surface area contributed by atoms with Gasteiger partial charge in [0.05, 0.1) is 0 Å². The van der Waals surface area contributed by atoms with Gasteiger partial charge in [0, 0.05) is 6.42 Å². The van der Waals surface area contributed by atoms with Crippen LogP contribution < -0.4 is 0 Å². The van der Waals surface area contributed by atoms with Gasteiger partial charge < -0.3 is 0 Å². The van der Waals surface area contributed by atoms with Crippen molar-refractivity contribution in [1.29, 1.82) is 0 Å². The summed E-state index contributed by atoms with van der Waals surface area (Å²) < 4.78 is 0. The van der Waals surface area contributed by atoms with E-state index in [0.29, 0.717) is 5.92 Å². The molecule has 0 N–H and O–H groups in total. The molecule has 0 nitrogen and oxygen atoms in total. The standard InChI is InChI=1S/C8H12/c1-4-6-8(3)7-5-2/h1,5,7-8H,6H2,2-3H3. The Morgan fingerprint density at radius 3 is 2.75 bits per heavy atom. The van der Waals surface area contributed by atoms with Crippen LogP contribution in [0.3, 0.4) is 0 Å². The normalized spacial score (nSPS) is 13.6. The molecule has 0 bridgehead atoms. The summed E-state index contributed by atoms with van der Waals surface area (Å²) in [6, 6.07) is 0. The maximum Gasteiger partial charge on any atom is 0.0146 e. The zero-order chi connectivity index (χ0) is 6.41. The summed E-state index contributed by atoms with van der Waals surface area (Å²) in [4.78, 5) is 0. The number of terminal acetylenes is 1. The van der Waals surface area contributed by atoms with Crippen LogP contribution in [0.15, 0.2) is 12.2 Å². The molecule has 0 spiro atoms. The molecule has 0 saturated heterocycles. The maximum atomic E-state index is 5.08. The van der Waals surface area contributed by atoms with Gasteiger partial charge in [-0.2, -0.15) is 0 Å². The lowest BCUT2D eigenvalue weighted by Crippen LogP contribution is -1.83. The second kappa shape index (κ2) is 4.46. The SMILES string of the molecule is C#CCC(C)C=CC. The average Bonchev–Trinajstić information content (AvgIpc) is 1.68. The summed E-state index contributed by atoms with van der Waals surface area (Å²) >= 11 is 0. The van der Waals surface area contributed by atoms with Crippen LogP contribution in [0.5, 0.6) is 0 Å². The second-order valence-corrected chi connectivity index (χ2v) is 1.91. The Kier molecular flexibility index (Phi) is 4.07. The Balaban J connectivity index is 3.36. The Morgan fingerprint density at radius 1 is 1.75 bits per heavy atom. The molecule has 0 aromatic carbocycles. The van der Waals surface area contributed by atoms with E-state index in [1.54, 1.807) is 0 Å². The molecule has 0 radical (unpaired) electrons. The molecule has 0 fully saturated rings. The van der Waals surface area contributed by atoms with E-state index >= 15 is 0 Å². The van der Waals surface area contributed by atoms with Gasteiger partial charge in [0.15, 0.2) is 0 Å². The van der Waals surface area contributed by atoms with Crippen LogP contribution in [0.4, 0.5) is 0 Å². The number of hydrogen-bond donors (Lipinski definition) is 0. The Hall–Kier alpha value is -0.700. The lowest BCUT2D eigenvalue weighted by molar-refractivity contribution is 0.758. The molecular weight excluding hydrogens is 96.1 g/mol. The van der Waals surface area contributed by atoms with Crippen LogP contribution in [-0.4, -0.2) is 0 Å². The van der Waals surface area contributed by atoms with Gasteiger partial charge in [0.2, 0.25) is 0 Å². The monoisotopic (exact) mass is 108 g/mol. The quantitative estimate of drug-likeness (QED) is 0.376. The van der Waals surface area contributed by atoms with Gasteiger partial charge in [0.25, 0.3) is 0 Å². The van der Waals surface area contributed by atoms with Crippen molar-refractivity contribution in [3.05, 3.63) is 12.2 Å². The number of rotatable bonds is 2. The molecule has 44 valence electrons. The van der Waals surface area contributed by atoms with E-state index in [1.165, 1.54) is 0 Å². The zero-order valence-electron chi connectivity index (χ0n) is 5.52. The fourth-order valence-corrected chi connectivity index (χ4v) is 0.582. The van der Waals surface area contributed by atoms with Crippen molar-refractivity contribution in [2.75, 3.05) is 0 Å². The van der Waals surface area contributed by atoms with Crippen LogP contribution in [0.25, 0.3) is 0 Å². The molecule has 1 atom stereocenters. The molecule has 1 unspecified atom stereocenters. The zero-order valence-corrected chi connectivity index (χ0v) is 5.52. The van der Waals surface area contributed by atoms with Gasteiger partial charge in [-0.25, -0.2) is 0 Å². The predicted molar refractivity (Wildman–Crippen MR) is 37.4 cm³/mol. The minimum atomic E-state index is 0.546. The third-order valence-electron chi connectivity index (χ3n) is 0.961. The third-order valence-corrected chi connectivity index (χ3v) is 0.961. The van der Waals surface area contributed by atoms with Gasteiger partial charge in [-0.15, -0.1) is 12.3 Å². The molecule has 0 saturated carbocycles. The van der Waals surface area contributed by atoms with E-state index in [9.17, 15) is 0 Å². The first-order valence-electron chi connectivity index (χ1n) is 2.87. The molecule has 0 aliphatic heterocycles. The first-order valence-corrected chi connectivity index (χ1v) is 2.87. The van der Waals surface area contributed by atoms with Gasteiger partial charge >= 0.3 is 0 Å². The van der Waals surface area contributed by atoms with E-state index in [0.717, 1.165) is 6.42 Å². The molecule has 8 heavy (non-hydrogen) atoms. The van der Waals surface area contributed by atoms with Crippen molar-refractivity contribution in [1.82, 2.24) is 0 Å². The Bertz CT molecular complexity index is 104. The van der Waals surface area contributed by atoms with E-state index in [4.69, 9.17) is 6.42 Å². The summed E-state index contributed by atoms with van der Waals surface area (Å²) in [5, 5.41) is 0. The number of hydrogen-bond acceptors (Lipinski definition) is 0. The second-order valence-electron chi connectivity index (χ2n) is 1.91. The van der Waals surface area contributed by atoms with Crippen molar-refractivity contribution in [2.45, 2.75) is 20.3 Å². The van der Waals surface area contributed by atoms with Gasteiger partial charge in [0.1, 0.15) is 0 Å². The lowest BCUT2D eigenvalue weighted by Gasteiger charge is -1.95. The summed E-state index contributed by atoms with van der Waals surface area (Å²) in [6.07, 6.45) is 10.1. The maximum absolute atomic E-state index is 5.08. The lowest BCUT2D eigenvalue weighted by atomic mass is 10.1. The van der Waals surface area contributed by atoms with E-state index < -0.39 is 0 Å². The first-order chi connectivity index (χ1) is 3.81. The molecular formula is C8H12. The summed E-state index contributed by atoms with van der Waals surface area (Å²) in [7, 11) is 0. The molecule has 0 heteroatoms. The first kappa shape index (κ1) is 7.30. The minimum absolute atomic E-state index is 0.546. The van der Waals surface area contributed by atoms with Crippen LogP contribution in [-0.2, 0) is 0 Å². The third kappa shape index (κ3) is 3.49. The Morgan fingerprint density at radius 2 is 2.38 bits per heavy atom. The fourth-order valence-electron chi connectivity index (χ4n) is 0.582. The molecule has 0 rings (SSSR count). The van der Waals surface area contributed by atoms with Crippen molar-refractivity contribution in [3.8, 4) is 12.3 Å². The molecule has 0 aliphatic rings. The Labute approximate surface area is 51.6 Å². The van der Waals surface area contributed by atoms with Crippen molar-refractivity contribution in [2.24, 2.45) is 5.92 Å². The summed E-state index contributed by atoms with van der Waals surface area (Å²) in [5.74, 6) is 3.15. The highest BCUT2D eigenvalue weighted by Crippen LogP contribution is 2.00. The van der Waals surface area contributed by atoms with Gasteiger partial charge in [-0.1, -0.05) is 19.1 Å². The van der Waals surface area contributed by atoms with Gasteiger partial charge in [-0.05, 0) is 12.8 Å². The minimum Gasteiger partial charge on any atom is -0.120 e. The van der Waals surface area contributed by atoms with Crippen LogP contribution >= 0.6 is 0 Å². The van der Waals surface area contributed by atoms with Crippen LogP contribution in [0.2, 0.25) is 0 Å². The number of allylic oxidation sites excluding steroid dienone is 2. The highest BCUT2D eigenvalue weighted by Gasteiger charge is 1.88. The molecule has 0 aliphatic carbocycles. The molecule has 0 heterocycles. The van der Waals surface area contributed by atoms with E-state index in [-0.39, 0.29) is 0 Å². The smallest absolute Gasteiger partial charge is 0.0146 e. The highest BCUT2D eigenvalue weighted by atomic mass is 13.9. The predicted octanol–water partition coefficient (Wildman–Crippen LogP) is 2.22. The highest BCUT2D eigenvalue weighted by molar-refractivity contribution is 4.93. The topological polar surface area (TPSA) is 0 Å². The van der Waals surface area contributed by atoms with Crippen molar-refractivity contribution >= 4 is 0 Å². The van der Waals surface area contributed by atoms with Crippen LogP contribution in [0.1, 0.15) is 20.3 Å². The fraction of sp³-hybridized carbons (Fsp3) is 0.500. The van der Waals surface area contributed by atoms with E-state index in [1.807, 2.05) is 13.0 Å². The summed E-state index contributed by atoms with van der Waals surface area (Å²) in [6.45, 7) is 4.12. The molecule has 0 aromatic heterocycles. The van der Waals surface area contributed by atoms with Crippen molar-refractivity contribution < 1.29 is 0 Å².